The number of halogens is 1. The fourth-order valence-corrected chi connectivity index (χ4v) is 2.63. The van der Waals surface area contributed by atoms with Crippen molar-refractivity contribution in [1.82, 2.24) is 9.36 Å². The number of aromatic nitrogens is 2. The summed E-state index contributed by atoms with van der Waals surface area (Å²) in [7, 11) is 1.74. The molecule has 0 bridgehead atoms. The Kier molecular flexibility index (Phi) is 4.27. The van der Waals surface area contributed by atoms with Crippen molar-refractivity contribution in [2.24, 2.45) is 7.05 Å². The highest BCUT2D eigenvalue weighted by molar-refractivity contribution is 6.04. The summed E-state index contributed by atoms with van der Waals surface area (Å²) in [4.78, 5) is 25.2. The number of carbonyl (C=O) groups is 1. The molecule has 0 spiro atoms. The zero-order valence-corrected chi connectivity index (χ0v) is 14.2. The van der Waals surface area contributed by atoms with Crippen LogP contribution < -0.4 is 10.9 Å². The van der Waals surface area contributed by atoms with Crippen LogP contribution in [0, 0.1) is 19.7 Å². The normalized spacial score (nSPS) is 10.7. The number of nitrogens with zero attached hydrogens (tertiary/aromatic N) is 2. The average Bonchev–Trinajstić information content (AvgIpc) is 2.81. The molecule has 3 aromatic rings. The third-order valence-electron chi connectivity index (χ3n) is 4.23. The predicted molar refractivity (Wildman–Crippen MR) is 94.8 cm³/mol. The number of hydrogen-bond acceptors (Lipinski definition) is 2. The summed E-state index contributed by atoms with van der Waals surface area (Å²) in [6.45, 7) is 3.36. The fraction of sp³-hybridized carbons (Fsp3) is 0.158. The van der Waals surface area contributed by atoms with Gasteiger partial charge in [-0.25, -0.2) is 9.07 Å². The molecule has 1 heterocycles. The lowest BCUT2D eigenvalue weighted by Gasteiger charge is -2.07. The van der Waals surface area contributed by atoms with Crippen LogP contribution in [-0.2, 0) is 7.05 Å². The molecule has 6 heteroatoms. The van der Waals surface area contributed by atoms with Crippen LogP contribution in [0.25, 0.3) is 5.69 Å². The Morgan fingerprint density at radius 1 is 1.08 bits per heavy atom. The van der Waals surface area contributed by atoms with Gasteiger partial charge in [-0.1, -0.05) is 24.3 Å². The third kappa shape index (κ3) is 2.98. The Balaban J connectivity index is 2.00. The summed E-state index contributed by atoms with van der Waals surface area (Å²) in [5.74, 6) is -0.982. The largest absolute Gasteiger partial charge is 0.316 e. The van der Waals surface area contributed by atoms with Gasteiger partial charge in [0, 0.05) is 12.6 Å². The van der Waals surface area contributed by atoms with E-state index >= 15 is 0 Å². The molecular formula is C19H18FN3O2. The standard InChI is InChI=1S/C19H18FN3O2/c1-12-9-10-14(11-16(12)20)18(24)21-17-13(2)22(3)23(19(17)25)15-7-5-4-6-8-15/h4-11H,1-3H3,(H,21,24). The summed E-state index contributed by atoms with van der Waals surface area (Å²) in [6.07, 6.45) is 0. The first kappa shape index (κ1) is 16.7. The van der Waals surface area contributed by atoms with Crippen LogP contribution in [0.1, 0.15) is 21.6 Å². The number of hydrogen-bond donors (Lipinski definition) is 1. The Bertz CT molecular complexity index is 1000. The zero-order chi connectivity index (χ0) is 18.1. The predicted octanol–water partition coefficient (Wildman–Crippen LogP) is 3.18. The first-order valence-electron chi connectivity index (χ1n) is 7.81. The molecule has 1 N–H and O–H groups in total. The number of para-hydroxylation sites is 1. The molecule has 5 nitrogen and oxygen atoms in total. The second-order valence-electron chi connectivity index (χ2n) is 5.85. The van der Waals surface area contributed by atoms with Crippen LogP contribution in [0.4, 0.5) is 10.1 Å². The summed E-state index contributed by atoms with van der Waals surface area (Å²) >= 11 is 0. The van der Waals surface area contributed by atoms with Crippen molar-refractivity contribution >= 4 is 11.6 Å². The van der Waals surface area contributed by atoms with Crippen LogP contribution in [-0.4, -0.2) is 15.3 Å². The van der Waals surface area contributed by atoms with Crippen molar-refractivity contribution in [2.75, 3.05) is 5.32 Å². The zero-order valence-electron chi connectivity index (χ0n) is 14.2. The van der Waals surface area contributed by atoms with Gasteiger partial charge < -0.3 is 5.32 Å². The summed E-state index contributed by atoms with van der Waals surface area (Å²) in [6, 6.07) is 13.4. The molecule has 0 radical (unpaired) electrons. The SMILES string of the molecule is Cc1ccc(C(=O)Nc2c(C)n(C)n(-c3ccccc3)c2=O)cc1F. The van der Waals surface area contributed by atoms with E-state index in [1.807, 2.05) is 30.3 Å². The topological polar surface area (TPSA) is 56.0 Å². The molecule has 25 heavy (non-hydrogen) atoms. The van der Waals surface area contributed by atoms with Gasteiger partial charge in [0.25, 0.3) is 11.5 Å². The van der Waals surface area contributed by atoms with Crippen molar-refractivity contribution in [1.29, 1.82) is 0 Å². The van der Waals surface area contributed by atoms with E-state index in [9.17, 15) is 14.0 Å². The molecule has 0 aliphatic heterocycles. The van der Waals surface area contributed by atoms with Crippen LogP contribution >= 0.6 is 0 Å². The highest BCUT2D eigenvalue weighted by atomic mass is 19.1. The van der Waals surface area contributed by atoms with Crippen molar-refractivity contribution < 1.29 is 9.18 Å². The van der Waals surface area contributed by atoms with Gasteiger partial charge in [-0.15, -0.1) is 0 Å². The highest BCUT2D eigenvalue weighted by Crippen LogP contribution is 2.16. The molecule has 0 saturated carbocycles. The number of rotatable bonds is 3. The summed E-state index contributed by atoms with van der Waals surface area (Å²) in [5.41, 5.74) is 1.76. The molecule has 1 amide bonds. The van der Waals surface area contributed by atoms with Crippen LogP contribution in [0.15, 0.2) is 53.3 Å². The Hall–Kier alpha value is -3.15. The minimum absolute atomic E-state index is 0.164. The van der Waals surface area contributed by atoms with Crippen LogP contribution in [0.5, 0.6) is 0 Å². The Labute approximate surface area is 144 Å². The number of anilines is 1. The van der Waals surface area contributed by atoms with Crippen LogP contribution in [0.2, 0.25) is 0 Å². The first-order chi connectivity index (χ1) is 11.9. The van der Waals surface area contributed by atoms with Gasteiger partial charge in [0.2, 0.25) is 0 Å². The van der Waals surface area contributed by atoms with Crippen molar-refractivity contribution in [3.63, 3.8) is 0 Å². The third-order valence-corrected chi connectivity index (χ3v) is 4.23. The van der Waals surface area contributed by atoms with E-state index in [-0.39, 0.29) is 16.8 Å². The van der Waals surface area contributed by atoms with E-state index in [0.29, 0.717) is 16.9 Å². The van der Waals surface area contributed by atoms with E-state index < -0.39 is 11.7 Å². The quantitative estimate of drug-likeness (QED) is 0.797. The molecule has 1 aromatic heterocycles. The molecule has 128 valence electrons. The van der Waals surface area contributed by atoms with Gasteiger partial charge in [0.05, 0.1) is 11.4 Å². The second kappa shape index (κ2) is 6.39. The smallest absolute Gasteiger partial charge is 0.295 e. The molecule has 0 saturated heterocycles. The number of benzene rings is 2. The number of nitrogens with one attached hydrogen (secondary N) is 1. The van der Waals surface area contributed by atoms with Crippen molar-refractivity contribution in [3.05, 3.63) is 81.5 Å². The number of carbonyl (C=O) groups excluding carboxylic acids is 1. The Morgan fingerprint density at radius 3 is 2.40 bits per heavy atom. The highest BCUT2D eigenvalue weighted by Gasteiger charge is 2.19. The van der Waals surface area contributed by atoms with E-state index in [1.165, 1.54) is 22.9 Å². The molecule has 2 aromatic carbocycles. The minimum Gasteiger partial charge on any atom is -0.316 e. The molecule has 0 aliphatic rings. The maximum atomic E-state index is 13.7. The van der Waals surface area contributed by atoms with Gasteiger partial charge in [0.1, 0.15) is 11.5 Å². The van der Waals surface area contributed by atoms with Gasteiger partial charge in [-0.3, -0.25) is 14.3 Å². The molecule has 0 aliphatic carbocycles. The monoisotopic (exact) mass is 339 g/mol. The lowest BCUT2D eigenvalue weighted by atomic mass is 10.1. The molecule has 0 atom stereocenters. The van der Waals surface area contributed by atoms with E-state index in [1.54, 1.807) is 25.6 Å². The van der Waals surface area contributed by atoms with Crippen molar-refractivity contribution in [3.8, 4) is 5.69 Å². The minimum atomic E-state index is -0.523. The number of aryl methyl sites for hydroxylation is 1. The lowest BCUT2D eigenvalue weighted by molar-refractivity contribution is 0.102. The van der Waals surface area contributed by atoms with Gasteiger partial charge in [-0.05, 0) is 43.7 Å². The summed E-state index contributed by atoms with van der Waals surface area (Å²) in [5, 5.41) is 2.61. The maximum Gasteiger partial charge on any atom is 0.295 e. The Morgan fingerprint density at radius 2 is 1.76 bits per heavy atom. The van der Waals surface area contributed by atoms with Crippen molar-refractivity contribution in [2.45, 2.75) is 13.8 Å². The number of amides is 1. The van der Waals surface area contributed by atoms with Gasteiger partial charge in [-0.2, -0.15) is 0 Å². The molecule has 0 unspecified atom stereocenters. The molecule has 3 rings (SSSR count). The maximum absolute atomic E-state index is 13.7. The fourth-order valence-electron chi connectivity index (χ4n) is 2.63. The van der Waals surface area contributed by atoms with Crippen LogP contribution in [0.3, 0.4) is 0 Å². The lowest BCUT2D eigenvalue weighted by Crippen LogP contribution is -2.23. The van der Waals surface area contributed by atoms with Gasteiger partial charge in [0.15, 0.2) is 0 Å². The van der Waals surface area contributed by atoms with E-state index in [0.717, 1.165) is 0 Å². The second-order valence-corrected chi connectivity index (χ2v) is 5.85. The summed E-state index contributed by atoms with van der Waals surface area (Å²) < 4.78 is 16.8. The average molecular weight is 339 g/mol. The van der Waals surface area contributed by atoms with Gasteiger partial charge >= 0.3 is 0 Å². The van der Waals surface area contributed by atoms with E-state index in [2.05, 4.69) is 5.32 Å². The van der Waals surface area contributed by atoms with E-state index in [4.69, 9.17) is 0 Å². The molecular weight excluding hydrogens is 321 g/mol. The first-order valence-corrected chi connectivity index (χ1v) is 7.81. The molecule has 0 fully saturated rings.